The molecule has 3 aromatic rings. The van der Waals surface area contributed by atoms with Gasteiger partial charge in [0.1, 0.15) is 5.82 Å². The maximum Gasteiger partial charge on any atom is 0.173 e. The van der Waals surface area contributed by atoms with Crippen molar-refractivity contribution < 1.29 is 0 Å². The zero-order valence-corrected chi connectivity index (χ0v) is 11.2. The van der Waals surface area contributed by atoms with Gasteiger partial charge in [0.25, 0.3) is 0 Å². The number of para-hydroxylation sites is 1. The summed E-state index contributed by atoms with van der Waals surface area (Å²) in [4.78, 5) is 9.99. The molecule has 0 aliphatic heterocycles. The van der Waals surface area contributed by atoms with Crippen LogP contribution in [0, 0.1) is 0 Å². The molecule has 0 amide bonds. The summed E-state index contributed by atoms with van der Waals surface area (Å²) >= 11 is 7.68. The van der Waals surface area contributed by atoms with E-state index in [1.807, 2.05) is 42.8 Å². The molecule has 0 bridgehead atoms. The van der Waals surface area contributed by atoms with Gasteiger partial charge < -0.3 is 5.32 Å². The monoisotopic (exact) mass is 275 g/mol. The molecule has 0 saturated heterocycles. The van der Waals surface area contributed by atoms with Crippen molar-refractivity contribution in [3.8, 4) is 10.7 Å². The molecule has 18 heavy (non-hydrogen) atoms. The third-order valence-electron chi connectivity index (χ3n) is 2.66. The smallest absolute Gasteiger partial charge is 0.173 e. The lowest BCUT2D eigenvalue weighted by atomic mass is 10.2. The van der Waals surface area contributed by atoms with Crippen LogP contribution in [0.5, 0.6) is 0 Å². The number of aromatic nitrogens is 2. The van der Waals surface area contributed by atoms with Gasteiger partial charge in [-0.3, -0.25) is 0 Å². The van der Waals surface area contributed by atoms with Crippen molar-refractivity contribution in [3.63, 3.8) is 0 Å². The van der Waals surface area contributed by atoms with Crippen LogP contribution in [0.2, 0.25) is 5.02 Å². The van der Waals surface area contributed by atoms with E-state index in [-0.39, 0.29) is 0 Å². The Bertz CT molecular complexity index is 708. The van der Waals surface area contributed by atoms with E-state index >= 15 is 0 Å². The van der Waals surface area contributed by atoms with Gasteiger partial charge in [-0.15, -0.1) is 11.3 Å². The fourth-order valence-electron chi connectivity index (χ4n) is 1.82. The van der Waals surface area contributed by atoms with Gasteiger partial charge in [0, 0.05) is 12.4 Å². The lowest BCUT2D eigenvalue weighted by molar-refractivity contribution is 1.22. The van der Waals surface area contributed by atoms with Gasteiger partial charge in [-0.1, -0.05) is 23.7 Å². The lowest BCUT2D eigenvalue weighted by Gasteiger charge is -2.07. The highest BCUT2D eigenvalue weighted by Crippen LogP contribution is 2.33. The Morgan fingerprint density at radius 1 is 1.17 bits per heavy atom. The van der Waals surface area contributed by atoms with Gasteiger partial charge in [0.15, 0.2) is 5.82 Å². The highest BCUT2D eigenvalue weighted by Gasteiger charge is 2.11. The summed E-state index contributed by atoms with van der Waals surface area (Å²) in [6.07, 6.45) is 0. The maximum atomic E-state index is 6.13. The number of nitrogens with one attached hydrogen (secondary N) is 1. The minimum Gasteiger partial charge on any atom is -0.373 e. The van der Waals surface area contributed by atoms with Crippen LogP contribution in [0.15, 0.2) is 35.7 Å². The molecule has 3 nitrogen and oxygen atoms in total. The lowest BCUT2D eigenvalue weighted by Crippen LogP contribution is -1.97. The maximum absolute atomic E-state index is 6.13. The normalized spacial score (nSPS) is 10.8. The van der Waals surface area contributed by atoms with Crippen molar-refractivity contribution in [1.82, 2.24) is 9.97 Å². The van der Waals surface area contributed by atoms with E-state index in [1.165, 1.54) is 0 Å². The fourth-order valence-corrected chi connectivity index (χ4v) is 2.90. The molecule has 3 rings (SSSR count). The Balaban J connectivity index is 2.29. The number of nitrogens with zero attached hydrogens (tertiary/aromatic N) is 2. The molecule has 90 valence electrons. The molecule has 0 saturated carbocycles. The van der Waals surface area contributed by atoms with Crippen molar-refractivity contribution in [1.29, 1.82) is 0 Å². The van der Waals surface area contributed by atoms with Crippen molar-refractivity contribution >= 4 is 39.7 Å². The average molecular weight is 276 g/mol. The molecular formula is C13H10ClN3S. The zero-order valence-electron chi connectivity index (χ0n) is 9.64. The van der Waals surface area contributed by atoms with Crippen molar-refractivity contribution in [2.45, 2.75) is 0 Å². The molecule has 0 aliphatic carbocycles. The van der Waals surface area contributed by atoms with Crippen molar-refractivity contribution in [2.75, 3.05) is 12.4 Å². The summed E-state index contributed by atoms with van der Waals surface area (Å²) in [5, 5.41) is 6.74. The number of anilines is 1. The van der Waals surface area contributed by atoms with E-state index in [4.69, 9.17) is 11.6 Å². The number of thiophene rings is 1. The third-order valence-corrected chi connectivity index (χ3v) is 4.00. The Morgan fingerprint density at radius 2 is 2.00 bits per heavy atom. The molecule has 0 atom stereocenters. The average Bonchev–Trinajstić information content (AvgIpc) is 2.83. The summed E-state index contributed by atoms with van der Waals surface area (Å²) in [7, 11) is 1.86. The number of benzene rings is 1. The van der Waals surface area contributed by atoms with Crippen LogP contribution < -0.4 is 5.32 Å². The van der Waals surface area contributed by atoms with Crippen molar-refractivity contribution in [2.24, 2.45) is 0 Å². The largest absolute Gasteiger partial charge is 0.373 e. The minimum atomic E-state index is 0.665. The van der Waals surface area contributed by atoms with Gasteiger partial charge in [0.05, 0.1) is 15.4 Å². The van der Waals surface area contributed by atoms with Crippen LogP contribution in [-0.4, -0.2) is 17.0 Å². The van der Waals surface area contributed by atoms with Gasteiger partial charge in [-0.2, -0.15) is 0 Å². The summed E-state index contributed by atoms with van der Waals surface area (Å²) in [5.74, 6) is 1.48. The molecule has 1 aromatic carbocycles. The highest BCUT2D eigenvalue weighted by molar-refractivity contribution is 7.14. The number of rotatable bonds is 2. The Hall–Kier alpha value is -1.65. The molecule has 0 spiro atoms. The number of hydrogen-bond donors (Lipinski definition) is 1. The van der Waals surface area contributed by atoms with E-state index in [0.717, 1.165) is 21.6 Å². The van der Waals surface area contributed by atoms with E-state index in [2.05, 4.69) is 15.3 Å². The Morgan fingerprint density at radius 3 is 2.72 bits per heavy atom. The van der Waals surface area contributed by atoms with E-state index in [0.29, 0.717) is 10.8 Å². The second kappa shape index (κ2) is 4.55. The van der Waals surface area contributed by atoms with Crippen LogP contribution in [-0.2, 0) is 0 Å². The second-order valence-corrected chi connectivity index (χ2v) is 5.08. The third kappa shape index (κ3) is 1.83. The molecule has 0 fully saturated rings. The molecule has 0 radical (unpaired) electrons. The predicted molar refractivity (Wildman–Crippen MR) is 77.4 cm³/mol. The van der Waals surface area contributed by atoms with Crippen LogP contribution in [0.4, 0.5) is 5.82 Å². The molecule has 2 aromatic heterocycles. The number of hydrogen-bond acceptors (Lipinski definition) is 4. The first-order chi connectivity index (χ1) is 8.79. The topological polar surface area (TPSA) is 37.8 Å². The quantitative estimate of drug-likeness (QED) is 0.767. The SMILES string of the molecule is CNc1nc(-c2sccc2Cl)nc2ccccc12. The molecule has 0 aliphatic rings. The molecule has 1 N–H and O–H groups in total. The predicted octanol–water partition coefficient (Wildman–Crippen LogP) is 4.05. The summed E-state index contributed by atoms with van der Waals surface area (Å²) in [6, 6.07) is 9.78. The molecule has 0 unspecified atom stereocenters. The summed E-state index contributed by atoms with van der Waals surface area (Å²) in [6.45, 7) is 0. The minimum absolute atomic E-state index is 0.665. The van der Waals surface area contributed by atoms with Crippen LogP contribution in [0.25, 0.3) is 21.6 Å². The van der Waals surface area contributed by atoms with E-state index in [1.54, 1.807) is 11.3 Å². The second-order valence-electron chi connectivity index (χ2n) is 3.76. The van der Waals surface area contributed by atoms with E-state index < -0.39 is 0 Å². The Kier molecular flexibility index (Phi) is 2.89. The van der Waals surface area contributed by atoms with E-state index in [9.17, 15) is 0 Å². The molecule has 5 heteroatoms. The molecule has 2 heterocycles. The van der Waals surface area contributed by atoms with Gasteiger partial charge in [-0.25, -0.2) is 9.97 Å². The highest BCUT2D eigenvalue weighted by atomic mass is 35.5. The van der Waals surface area contributed by atoms with Crippen LogP contribution >= 0.6 is 22.9 Å². The number of fused-ring (bicyclic) bond motifs is 1. The first kappa shape index (κ1) is 11.4. The van der Waals surface area contributed by atoms with Gasteiger partial charge in [0.2, 0.25) is 0 Å². The van der Waals surface area contributed by atoms with Gasteiger partial charge >= 0.3 is 0 Å². The van der Waals surface area contributed by atoms with Crippen LogP contribution in [0.1, 0.15) is 0 Å². The van der Waals surface area contributed by atoms with Crippen LogP contribution in [0.3, 0.4) is 0 Å². The Labute approximate surface area is 113 Å². The van der Waals surface area contributed by atoms with Crippen molar-refractivity contribution in [3.05, 3.63) is 40.7 Å². The first-order valence-electron chi connectivity index (χ1n) is 5.47. The first-order valence-corrected chi connectivity index (χ1v) is 6.73. The summed E-state index contributed by atoms with van der Waals surface area (Å²) < 4.78 is 0. The zero-order chi connectivity index (χ0) is 12.5. The van der Waals surface area contributed by atoms with Gasteiger partial charge in [-0.05, 0) is 23.6 Å². The number of halogens is 1. The standard InChI is InChI=1S/C13H10ClN3S/c1-15-12-8-4-2-3-5-10(8)16-13(17-12)11-9(14)6-7-18-11/h2-7H,1H3,(H,15,16,17). The fraction of sp³-hybridized carbons (Fsp3) is 0.0769. The summed E-state index contributed by atoms with van der Waals surface area (Å²) in [5.41, 5.74) is 0.913. The molecular weight excluding hydrogens is 266 g/mol.